The van der Waals surface area contributed by atoms with Gasteiger partial charge in [-0.25, -0.2) is 4.39 Å². The highest BCUT2D eigenvalue weighted by atomic mass is 35.5. The zero-order chi connectivity index (χ0) is 8.97. The third-order valence-corrected chi connectivity index (χ3v) is 1.84. The minimum atomic E-state index is -0.267. The quantitative estimate of drug-likeness (QED) is 0.594. The van der Waals surface area contributed by atoms with Crippen LogP contribution in [-0.4, -0.2) is 6.00 Å². The van der Waals surface area contributed by atoms with Crippen LogP contribution in [0.15, 0.2) is 18.2 Å². The van der Waals surface area contributed by atoms with Crippen molar-refractivity contribution in [1.29, 1.82) is 0 Å². The molecule has 4 heteroatoms. The Morgan fingerprint density at radius 1 is 1.42 bits per heavy atom. The van der Waals surface area contributed by atoms with Gasteiger partial charge in [-0.3, -0.25) is 5.32 Å². The molecule has 12 heavy (non-hydrogen) atoms. The van der Waals surface area contributed by atoms with E-state index in [1.165, 1.54) is 12.1 Å². The molecule has 0 saturated heterocycles. The highest BCUT2D eigenvalue weighted by molar-refractivity contribution is 6.30. The fraction of sp³-hybridized carbons (Fsp3) is 0.250. The zero-order valence-electron chi connectivity index (χ0n) is 6.28. The van der Waals surface area contributed by atoms with E-state index in [1.807, 2.05) is 0 Å². The number of benzene rings is 1. The Bertz CT molecular complexity index is 265. The molecule has 1 nitrogen and oxygen atoms in total. The molecule has 66 valence electrons. The van der Waals surface area contributed by atoms with E-state index in [0.717, 1.165) is 0 Å². The number of alkyl halides is 1. The molecule has 0 saturated carbocycles. The molecule has 0 amide bonds. The second kappa shape index (κ2) is 4.65. The Labute approximate surface area is 80.5 Å². The summed E-state index contributed by atoms with van der Waals surface area (Å²) in [5.41, 5.74) is 0.531. The largest absolute Gasteiger partial charge is 0.300 e. The molecule has 0 radical (unpaired) electrons. The van der Waals surface area contributed by atoms with Crippen molar-refractivity contribution in [1.82, 2.24) is 5.32 Å². The van der Waals surface area contributed by atoms with Gasteiger partial charge in [0, 0.05) is 17.1 Å². The summed E-state index contributed by atoms with van der Waals surface area (Å²) in [5.74, 6) is -0.267. The van der Waals surface area contributed by atoms with Gasteiger partial charge in [-0.05, 0) is 18.2 Å². The zero-order valence-corrected chi connectivity index (χ0v) is 7.79. The Morgan fingerprint density at radius 2 is 2.17 bits per heavy atom. The number of hydrogen-bond donors (Lipinski definition) is 1. The van der Waals surface area contributed by atoms with E-state index in [4.69, 9.17) is 23.2 Å². The Morgan fingerprint density at radius 3 is 2.83 bits per heavy atom. The number of halogens is 3. The lowest BCUT2D eigenvalue weighted by molar-refractivity contribution is 0.599. The predicted octanol–water partition coefficient (Wildman–Crippen LogP) is 2.77. The van der Waals surface area contributed by atoms with Crippen molar-refractivity contribution in [2.45, 2.75) is 6.54 Å². The Hall–Kier alpha value is -0.310. The summed E-state index contributed by atoms with van der Waals surface area (Å²) in [6.07, 6.45) is 0. The molecule has 0 aliphatic heterocycles. The van der Waals surface area contributed by atoms with Crippen molar-refractivity contribution >= 4 is 23.2 Å². The van der Waals surface area contributed by atoms with Gasteiger partial charge in [0.15, 0.2) is 0 Å². The normalized spacial score (nSPS) is 10.2. The lowest BCUT2D eigenvalue weighted by Gasteiger charge is -2.02. The molecule has 1 aromatic rings. The van der Waals surface area contributed by atoms with Crippen LogP contribution >= 0.6 is 23.2 Å². The minimum Gasteiger partial charge on any atom is -0.300 e. The molecule has 1 rings (SSSR count). The van der Waals surface area contributed by atoms with Gasteiger partial charge >= 0.3 is 0 Å². The average Bonchev–Trinajstić information content (AvgIpc) is 2.07. The first kappa shape index (κ1) is 9.78. The van der Waals surface area contributed by atoms with E-state index >= 15 is 0 Å². The summed E-state index contributed by atoms with van der Waals surface area (Å²) in [4.78, 5) is 0. The molecule has 1 N–H and O–H groups in total. The van der Waals surface area contributed by atoms with Crippen LogP contribution < -0.4 is 5.32 Å². The number of rotatable bonds is 3. The molecule has 0 aromatic heterocycles. The van der Waals surface area contributed by atoms with Crippen LogP contribution in [0.3, 0.4) is 0 Å². The van der Waals surface area contributed by atoms with Gasteiger partial charge in [-0.15, -0.1) is 11.6 Å². The molecule has 0 spiro atoms. The maximum absolute atomic E-state index is 13.0. The van der Waals surface area contributed by atoms with E-state index in [-0.39, 0.29) is 5.82 Å². The number of nitrogens with one attached hydrogen (secondary N) is 1. The second-order valence-corrected chi connectivity index (χ2v) is 3.00. The summed E-state index contributed by atoms with van der Waals surface area (Å²) in [7, 11) is 0. The molecule has 0 aliphatic rings. The van der Waals surface area contributed by atoms with Crippen molar-refractivity contribution in [3.63, 3.8) is 0 Å². The highest BCUT2D eigenvalue weighted by Crippen LogP contribution is 2.14. The molecule has 0 fully saturated rings. The van der Waals surface area contributed by atoms with Crippen LogP contribution in [0.25, 0.3) is 0 Å². The van der Waals surface area contributed by atoms with Gasteiger partial charge in [0.25, 0.3) is 0 Å². The first-order valence-electron chi connectivity index (χ1n) is 3.44. The van der Waals surface area contributed by atoms with Crippen molar-refractivity contribution in [3.05, 3.63) is 34.6 Å². The molecule has 0 heterocycles. The fourth-order valence-corrected chi connectivity index (χ4v) is 1.15. The van der Waals surface area contributed by atoms with Crippen LogP contribution in [0.5, 0.6) is 0 Å². The SMILES string of the molecule is Fc1ccc(Cl)cc1CNCCl. The lowest BCUT2D eigenvalue weighted by atomic mass is 10.2. The maximum Gasteiger partial charge on any atom is 0.127 e. The van der Waals surface area contributed by atoms with Gasteiger partial charge in [-0.1, -0.05) is 11.6 Å². The summed E-state index contributed by atoms with van der Waals surface area (Å²) in [5, 5.41) is 3.33. The van der Waals surface area contributed by atoms with Gasteiger partial charge in [0.1, 0.15) is 5.82 Å². The van der Waals surface area contributed by atoms with E-state index in [2.05, 4.69) is 5.32 Å². The first-order valence-corrected chi connectivity index (χ1v) is 4.36. The summed E-state index contributed by atoms with van der Waals surface area (Å²) in [6.45, 7) is 0.399. The van der Waals surface area contributed by atoms with Gasteiger partial charge < -0.3 is 0 Å². The highest BCUT2D eigenvalue weighted by Gasteiger charge is 2.01. The molecule has 0 unspecified atom stereocenters. The van der Waals surface area contributed by atoms with Crippen LogP contribution in [0, 0.1) is 5.82 Å². The van der Waals surface area contributed by atoms with Crippen LogP contribution in [0.1, 0.15) is 5.56 Å². The van der Waals surface area contributed by atoms with Gasteiger partial charge in [-0.2, -0.15) is 0 Å². The molecule has 0 aliphatic carbocycles. The smallest absolute Gasteiger partial charge is 0.127 e. The molecule has 1 aromatic carbocycles. The lowest BCUT2D eigenvalue weighted by Crippen LogP contribution is -2.11. The third-order valence-electron chi connectivity index (χ3n) is 1.42. The third kappa shape index (κ3) is 2.63. The fourth-order valence-electron chi connectivity index (χ4n) is 0.861. The summed E-state index contributed by atoms with van der Waals surface area (Å²) in [6, 6.07) is 4.73. The Kier molecular flexibility index (Phi) is 3.79. The number of hydrogen-bond acceptors (Lipinski definition) is 1. The van der Waals surface area contributed by atoms with E-state index in [1.54, 1.807) is 6.07 Å². The molecular formula is C8H8Cl2FN. The van der Waals surface area contributed by atoms with Crippen LogP contribution in [0.4, 0.5) is 4.39 Å². The van der Waals surface area contributed by atoms with Crippen molar-refractivity contribution < 1.29 is 4.39 Å². The van der Waals surface area contributed by atoms with Gasteiger partial charge in [0.2, 0.25) is 0 Å². The molecule has 0 atom stereocenters. The second-order valence-electron chi connectivity index (χ2n) is 2.30. The summed E-state index contributed by atoms with van der Waals surface area (Å²) >= 11 is 11.0. The average molecular weight is 208 g/mol. The van der Waals surface area contributed by atoms with Crippen molar-refractivity contribution in [3.8, 4) is 0 Å². The van der Waals surface area contributed by atoms with Crippen LogP contribution in [0.2, 0.25) is 5.02 Å². The van der Waals surface area contributed by atoms with Crippen molar-refractivity contribution in [2.75, 3.05) is 6.00 Å². The Balaban J connectivity index is 2.75. The van der Waals surface area contributed by atoms with Crippen molar-refractivity contribution in [2.24, 2.45) is 0 Å². The van der Waals surface area contributed by atoms with E-state index in [9.17, 15) is 4.39 Å². The molecular weight excluding hydrogens is 200 g/mol. The summed E-state index contributed by atoms with van der Waals surface area (Å²) < 4.78 is 13.0. The maximum atomic E-state index is 13.0. The van der Waals surface area contributed by atoms with E-state index in [0.29, 0.717) is 23.1 Å². The molecule has 0 bridgehead atoms. The first-order chi connectivity index (χ1) is 5.74. The predicted molar refractivity (Wildman–Crippen MR) is 49.0 cm³/mol. The monoisotopic (exact) mass is 207 g/mol. The minimum absolute atomic E-state index is 0.267. The van der Waals surface area contributed by atoms with Gasteiger partial charge in [0.05, 0.1) is 6.00 Å². The topological polar surface area (TPSA) is 12.0 Å². The van der Waals surface area contributed by atoms with Crippen LogP contribution in [-0.2, 0) is 6.54 Å². The standard InChI is InChI=1S/C8H8Cl2FN/c9-5-12-4-6-3-7(10)1-2-8(6)11/h1-3,12H,4-5H2. The van der Waals surface area contributed by atoms with E-state index < -0.39 is 0 Å².